The van der Waals surface area contributed by atoms with Gasteiger partial charge in [-0.2, -0.15) is 0 Å². The monoisotopic (exact) mass is 275 g/mol. The van der Waals surface area contributed by atoms with E-state index in [0.29, 0.717) is 10.0 Å². The van der Waals surface area contributed by atoms with Gasteiger partial charge in [-0.05, 0) is 30.5 Å². The molecule has 0 saturated heterocycles. The standard InChI is InChI=1S/C13H19Cl2NO/c1-3-10(8-17)16-13(4-2)11-6-5-9(14)7-12(11)15/h5-7,10,13,16-17H,3-4,8H2,1-2H3. The van der Waals surface area contributed by atoms with Crippen molar-refractivity contribution in [3.8, 4) is 0 Å². The number of halogens is 2. The van der Waals surface area contributed by atoms with Crippen LogP contribution < -0.4 is 5.32 Å². The fourth-order valence-electron chi connectivity index (χ4n) is 1.80. The first-order valence-corrected chi connectivity index (χ1v) is 6.69. The summed E-state index contributed by atoms with van der Waals surface area (Å²) < 4.78 is 0. The van der Waals surface area contributed by atoms with Crippen LogP contribution in [0.5, 0.6) is 0 Å². The van der Waals surface area contributed by atoms with E-state index >= 15 is 0 Å². The van der Waals surface area contributed by atoms with E-state index in [0.717, 1.165) is 18.4 Å². The van der Waals surface area contributed by atoms with E-state index in [-0.39, 0.29) is 18.7 Å². The van der Waals surface area contributed by atoms with E-state index in [1.165, 1.54) is 0 Å². The van der Waals surface area contributed by atoms with Gasteiger partial charge in [-0.25, -0.2) is 0 Å². The van der Waals surface area contributed by atoms with Gasteiger partial charge in [-0.1, -0.05) is 43.1 Å². The molecule has 2 unspecified atom stereocenters. The van der Waals surface area contributed by atoms with Crippen LogP contribution in [0.2, 0.25) is 10.0 Å². The van der Waals surface area contributed by atoms with Gasteiger partial charge in [0.1, 0.15) is 0 Å². The summed E-state index contributed by atoms with van der Waals surface area (Å²) in [7, 11) is 0. The zero-order valence-corrected chi connectivity index (χ0v) is 11.7. The van der Waals surface area contributed by atoms with Crippen molar-refractivity contribution in [3.63, 3.8) is 0 Å². The lowest BCUT2D eigenvalue weighted by Crippen LogP contribution is -2.35. The fraction of sp³-hybridized carbons (Fsp3) is 0.538. The summed E-state index contributed by atoms with van der Waals surface area (Å²) in [5.74, 6) is 0. The molecule has 4 heteroatoms. The van der Waals surface area contributed by atoms with Crippen LogP contribution in [-0.2, 0) is 0 Å². The first-order chi connectivity index (χ1) is 8.12. The highest BCUT2D eigenvalue weighted by atomic mass is 35.5. The number of hydrogen-bond acceptors (Lipinski definition) is 2. The van der Waals surface area contributed by atoms with E-state index < -0.39 is 0 Å². The maximum atomic E-state index is 9.21. The third-order valence-electron chi connectivity index (χ3n) is 2.90. The van der Waals surface area contributed by atoms with Crippen molar-refractivity contribution in [2.75, 3.05) is 6.61 Å². The minimum Gasteiger partial charge on any atom is -0.395 e. The van der Waals surface area contributed by atoms with Crippen LogP contribution in [0.4, 0.5) is 0 Å². The molecular weight excluding hydrogens is 257 g/mol. The molecule has 96 valence electrons. The third kappa shape index (κ3) is 4.14. The van der Waals surface area contributed by atoms with E-state index in [9.17, 15) is 5.11 Å². The molecule has 0 heterocycles. The quantitative estimate of drug-likeness (QED) is 0.828. The third-order valence-corrected chi connectivity index (χ3v) is 3.46. The minimum absolute atomic E-state index is 0.103. The van der Waals surface area contributed by atoms with Crippen LogP contribution >= 0.6 is 23.2 Å². The summed E-state index contributed by atoms with van der Waals surface area (Å²) in [5, 5.41) is 13.9. The van der Waals surface area contributed by atoms with Crippen molar-refractivity contribution in [1.82, 2.24) is 5.32 Å². The smallest absolute Gasteiger partial charge is 0.0584 e. The van der Waals surface area contributed by atoms with E-state index in [1.54, 1.807) is 6.07 Å². The molecule has 0 amide bonds. The molecule has 0 aliphatic heterocycles. The maximum absolute atomic E-state index is 9.21. The molecule has 0 saturated carbocycles. The predicted molar refractivity (Wildman–Crippen MR) is 73.8 cm³/mol. The van der Waals surface area contributed by atoms with Gasteiger partial charge >= 0.3 is 0 Å². The molecule has 1 aromatic carbocycles. The van der Waals surface area contributed by atoms with Crippen LogP contribution in [0, 0.1) is 0 Å². The summed E-state index contributed by atoms with van der Waals surface area (Å²) in [5.41, 5.74) is 1.03. The molecule has 2 nitrogen and oxygen atoms in total. The largest absolute Gasteiger partial charge is 0.395 e. The highest BCUT2D eigenvalue weighted by Crippen LogP contribution is 2.28. The first-order valence-electron chi connectivity index (χ1n) is 5.94. The van der Waals surface area contributed by atoms with Crippen molar-refractivity contribution >= 4 is 23.2 Å². The zero-order valence-electron chi connectivity index (χ0n) is 10.2. The fourth-order valence-corrected chi connectivity index (χ4v) is 2.34. The normalized spacial score (nSPS) is 14.6. The number of hydrogen-bond donors (Lipinski definition) is 2. The number of aliphatic hydroxyl groups is 1. The number of aliphatic hydroxyl groups excluding tert-OH is 1. The van der Waals surface area contributed by atoms with Gasteiger partial charge in [0, 0.05) is 22.1 Å². The second kappa shape index (κ2) is 7.22. The molecule has 1 rings (SSSR count). The second-order valence-electron chi connectivity index (χ2n) is 4.08. The van der Waals surface area contributed by atoms with Crippen LogP contribution in [0.1, 0.15) is 38.3 Å². The van der Waals surface area contributed by atoms with Gasteiger partial charge in [0.15, 0.2) is 0 Å². The molecule has 0 spiro atoms. The predicted octanol–water partition coefficient (Wildman–Crippen LogP) is 3.81. The van der Waals surface area contributed by atoms with Crippen molar-refractivity contribution < 1.29 is 5.11 Å². The van der Waals surface area contributed by atoms with E-state index in [4.69, 9.17) is 23.2 Å². The SMILES string of the molecule is CCC(CO)NC(CC)c1ccc(Cl)cc1Cl. The topological polar surface area (TPSA) is 32.3 Å². The Labute approximate surface area is 113 Å². The Bertz CT molecular complexity index is 353. The lowest BCUT2D eigenvalue weighted by molar-refractivity contribution is 0.226. The molecule has 0 radical (unpaired) electrons. The molecule has 2 atom stereocenters. The number of benzene rings is 1. The Morgan fingerprint density at radius 1 is 1.24 bits per heavy atom. The number of nitrogens with one attached hydrogen (secondary N) is 1. The van der Waals surface area contributed by atoms with Crippen LogP contribution in [0.3, 0.4) is 0 Å². The average molecular weight is 276 g/mol. The van der Waals surface area contributed by atoms with E-state index in [2.05, 4.69) is 12.2 Å². The molecule has 0 aliphatic carbocycles. The lowest BCUT2D eigenvalue weighted by atomic mass is 10.0. The van der Waals surface area contributed by atoms with Crippen LogP contribution in [-0.4, -0.2) is 17.8 Å². The zero-order chi connectivity index (χ0) is 12.8. The van der Waals surface area contributed by atoms with Gasteiger partial charge < -0.3 is 10.4 Å². The van der Waals surface area contributed by atoms with Gasteiger partial charge in [-0.15, -0.1) is 0 Å². The summed E-state index contributed by atoms with van der Waals surface area (Å²) in [6.07, 6.45) is 1.80. The van der Waals surface area contributed by atoms with Crippen molar-refractivity contribution in [1.29, 1.82) is 0 Å². The lowest BCUT2D eigenvalue weighted by Gasteiger charge is -2.24. The van der Waals surface area contributed by atoms with E-state index in [1.807, 2.05) is 19.1 Å². The summed E-state index contributed by atoms with van der Waals surface area (Å²) >= 11 is 12.1. The Morgan fingerprint density at radius 3 is 2.41 bits per heavy atom. The van der Waals surface area contributed by atoms with Crippen molar-refractivity contribution in [2.24, 2.45) is 0 Å². The maximum Gasteiger partial charge on any atom is 0.0584 e. The van der Waals surface area contributed by atoms with Gasteiger partial charge in [0.05, 0.1) is 6.61 Å². The van der Waals surface area contributed by atoms with Crippen molar-refractivity contribution in [2.45, 2.75) is 38.8 Å². The Kier molecular flexibility index (Phi) is 6.28. The molecule has 0 aliphatic rings. The molecule has 0 aromatic heterocycles. The summed E-state index contributed by atoms with van der Waals surface area (Å²) in [6, 6.07) is 5.79. The first kappa shape index (κ1) is 14.8. The molecule has 1 aromatic rings. The highest BCUT2D eigenvalue weighted by molar-refractivity contribution is 6.35. The summed E-state index contributed by atoms with van der Waals surface area (Å²) in [4.78, 5) is 0. The van der Waals surface area contributed by atoms with Crippen molar-refractivity contribution in [3.05, 3.63) is 33.8 Å². The van der Waals surface area contributed by atoms with Gasteiger partial charge in [0.2, 0.25) is 0 Å². The molecule has 0 fully saturated rings. The highest BCUT2D eigenvalue weighted by Gasteiger charge is 2.16. The number of rotatable bonds is 6. The Morgan fingerprint density at radius 2 is 1.94 bits per heavy atom. The average Bonchev–Trinajstić information content (AvgIpc) is 2.32. The Balaban J connectivity index is 2.85. The van der Waals surface area contributed by atoms with Gasteiger partial charge in [-0.3, -0.25) is 0 Å². The molecule has 0 bridgehead atoms. The van der Waals surface area contributed by atoms with Crippen LogP contribution in [0.15, 0.2) is 18.2 Å². The summed E-state index contributed by atoms with van der Waals surface area (Å²) in [6.45, 7) is 4.27. The second-order valence-corrected chi connectivity index (χ2v) is 4.92. The van der Waals surface area contributed by atoms with Gasteiger partial charge in [0.25, 0.3) is 0 Å². The molecule has 17 heavy (non-hydrogen) atoms. The van der Waals surface area contributed by atoms with Crippen LogP contribution in [0.25, 0.3) is 0 Å². The Hall–Kier alpha value is -0.280. The molecule has 2 N–H and O–H groups in total. The minimum atomic E-state index is 0.103. The molecular formula is C13H19Cl2NO.